The summed E-state index contributed by atoms with van der Waals surface area (Å²) in [7, 11) is 0. The van der Waals surface area contributed by atoms with Crippen LogP contribution in [0.1, 0.15) is 47.3 Å². The number of aliphatic hydroxyl groups excluding tert-OH is 1. The minimum atomic E-state index is -4.49. The van der Waals surface area contributed by atoms with Crippen LogP contribution in [0.3, 0.4) is 0 Å². The summed E-state index contributed by atoms with van der Waals surface area (Å²) >= 11 is 0. The van der Waals surface area contributed by atoms with Crippen LogP contribution in [0.5, 0.6) is 5.75 Å². The van der Waals surface area contributed by atoms with E-state index in [4.69, 9.17) is 4.74 Å². The zero-order valence-corrected chi connectivity index (χ0v) is 18.4. The molecule has 1 atom stereocenters. The Kier molecular flexibility index (Phi) is 7.37. The van der Waals surface area contributed by atoms with Crippen molar-refractivity contribution in [2.75, 3.05) is 13.2 Å². The number of hydrogen-bond acceptors (Lipinski definition) is 5. The Morgan fingerprint density at radius 2 is 1.91 bits per heavy atom. The van der Waals surface area contributed by atoms with E-state index in [9.17, 15) is 23.1 Å². The van der Waals surface area contributed by atoms with Crippen molar-refractivity contribution in [1.29, 1.82) is 0 Å². The third-order valence-corrected chi connectivity index (χ3v) is 4.86. The van der Waals surface area contributed by atoms with Gasteiger partial charge in [-0.2, -0.15) is 13.2 Å². The normalized spacial score (nSPS) is 12.6. The maximum Gasteiger partial charge on any atom is 0.416 e. The van der Waals surface area contributed by atoms with Crippen LogP contribution in [0.15, 0.2) is 48.5 Å². The summed E-state index contributed by atoms with van der Waals surface area (Å²) in [5, 5.41) is 16.9. The third kappa shape index (κ3) is 6.10. The monoisotopic (exact) mass is 462 g/mol. The van der Waals surface area contributed by atoms with Crippen LogP contribution in [0, 0.1) is 6.92 Å². The first-order valence-electron chi connectivity index (χ1n) is 10.4. The highest BCUT2D eigenvalue weighted by Gasteiger charge is 2.30. The number of ether oxygens (including phenoxy) is 1. The van der Waals surface area contributed by atoms with E-state index in [0.717, 1.165) is 23.4 Å². The van der Waals surface area contributed by atoms with Crippen molar-refractivity contribution in [3.05, 3.63) is 71.3 Å². The second-order valence-electron chi connectivity index (χ2n) is 7.81. The van der Waals surface area contributed by atoms with E-state index >= 15 is 0 Å². The van der Waals surface area contributed by atoms with Gasteiger partial charge in [-0.25, -0.2) is 9.67 Å². The number of para-hydroxylation sites is 1. The second kappa shape index (κ2) is 10.0. The molecular weight excluding hydrogens is 437 g/mol. The Bertz CT molecular complexity index is 1110. The van der Waals surface area contributed by atoms with Crippen LogP contribution in [0.2, 0.25) is 0 Å². The van der Waals surface area contributed by atoms with Crippen molar-refractivity contribution in [2.45, 2.75) is 39.0 Å². The maximum absolute atomic E-state index is 12.8. The second-order valence-corrected chi connectivity index (χ2v) is 7.81. The van der Waals surface area contributed by atoms with Crippen LogP contribution in [-0.4, -0.2) is 45.0 Å². The van der Waals surface area contributed by atoms with E-state index in [2.05, 4.69) is 29.2 Å². The average Bonchev–Trinajstić information content (AvgIpc) is 3.17. The molecule has 0 saturated heterocycles. The fourth-order valence-electron chi connectivity index (χ4n) is 3.19. The van der Waals surface area contributed by atoms with Gasteiger partial charge in [0.15, 0.2) is 0 Å². The number of carbonyl (C=O) groups excluding carboxylic acids is 1. The van der Waals surface area contributed by atoms with Crippen LogP contribution >= 0.6 is 0 Å². The van der Waals surface area contributed by atoms with E-state index in [1.165, 1.54) is 12.1 Å². The number of rotatable bonds is 8. The number of halogens is 3. The number of alkyl halides is 3. The van der Waals surface area contributed by atoms with Crippen LogP contribution in [-0.2, 0) is 6.18 Å². The van der Waals surface area contributed by atoms with E-state index in [0.29, 0.717) is 5.82 Å². The molecule has 1 heterocycles. The lowest BCUT2D eigenvalue weighted by Gasteiger charge is -2.14. The molecule has 3 aromatic rings. The first kappa shape index (κ1) is 24.2. The van der Waals surface area contributed by atoms with Gasteiger partial charge in [0.2, 0.25) is 5.82 Å². The lowest BCUT2D eigenvalue weighted by molar-refractivity contribution is -0.137. The molecule has 2 N–H and O–H groups in total. The molecule has 0 radical (unpaired) electrons. The van der Waals surface area contributed by atoms with Crippen molar-refractivity contribution < 1.29 is 27.8 Å². The van der Waals surface area contributed by atoms with Gasteiger partial charge in [-0.1, -0.05) is 38.1 Å². The molecule has 1 unspecified atom stereocenters. The van der Waals surface area contributed by atoms with Gasteiger partial charge in [0.05, 0.1) is 11.3 Å². The highest BCUT2D eigenvalue weighted by Crippen LogP contribution is 2.31. The number of benzene rings is 2. The van der Waals surface area contributed by atoms with E-state index < -0.39 is 23.8 Å². The summed E-state index contributed by atoms with van der Waals surface area (Å²) in [5.41, 5.74) is 1.03. The first-order valence-corrected chi connectivity index (χ1v) is 10.4. The Labute approximate surface area is 189 Å². The van der Waals surface area contributed by atoms with Crippen molar-refractivity contribution in [1.82, 2.24) is 20.1 Å². The molecule has 0 aliphatic rings. The highest BCUT2D eigenvalue weighted by molar-refractivity contribution is 5.90. The number of aliphatic hydroxyl groups is 1. The lowest BCUT2D eigenvalue weighted by atomic mass is 10.0. The van der Waals surface area contributed by atoms with Crippen molar-refractivity contribution >= 4 is 5.91 Å². The minimum absolute atomic E-state index is 0.0324. The molecule has 3 rings (SSSR count). The highest BCUT2D eigenvalue weighted by atomic mass is 19.4. The standard InChI is InChI=1S/C23H25F3N4O3/c1-14(2)19-9-4-5-10-20(19)30-15(3)28-21(29-30)22(32)27-12-17(31)13-33-18-8-6-7-16(11-18)23(24,25)26/h4-11,14,17,31H,12-13H2,1-3H3,(H,27,32). The number of hydrogen-bond donors (Lipinski definition) is 2. The number of carbonyl (C=O) groups is 1. The molecule has 176 valence electrons. The van der Waals surface area contributed by atoms with Gasteiger partial charge in [-0.05, 0) is 42.7 Å². The lowest BCUT2D eigenvalue weighted by Crippen LogP contribution is -2.35. The smallest absolute Gasteiger partial charge is 0.416 e. The summed E-state index contributed by atoms with van der Waals surface area (Å²) in [6, 6.07) is 12.0. The predicted octanol–water partition coefficient (Wildman–Crippen LogP) is 3.89. The number of amides is 1. The molecular formula is C23H25F3N4O3. The summed E-state index contributed by atoms with van der Waals surface area (Å²) in [6.45, 7) is 5.36. The Morgan fingerprint density at radius 1 is 1.18 bits per heavy atom. The van der Waals surface area contributed by atoms with Gasteiger partial charge in [0, 0.05) is 6.54 Å². The molecule has 1 amide bonds. The summed E-state index contributed by atoms with van der Waals surface area (Å²) in [5.74, 6) is 0.0971. The molecule has 2 aromatic carbocycles. The van der Waals surface area contributed by atoms with E-state index in [-0.39, 0.29) is 30.6 Å². The fraction of sp³-hybridized carbons (Fsp3) is 0.348. The largest absolute Gasteiger partial charge is 0.491 e. The molecule has 10 heteroatoms. The van der Waals surface area contributed by atoms with E-state index in [1.54, 1.807) is 11.6 Å². The fourth-order valence-corrected chi connectivity index (χ4v) is 3.19. The number of aromatic nitrogens is 3. The van der Waals surface area contributed by atoms with E-state index in [1.807, 2.05) is 24.3 Å². The van der Waals surface area contributed by atoms with Gasteiger partial charge in [-0.15, -0.1) is 5.10 Å². The number of aryl methyl sites for hydroxylation is 1. The molecule has 0 fully saturated rings. The van der Waals surface area contributed by atoms with Crippen LogP contribution in [0.4, 0.5) is 13.2 Å². The Hall–Kier alpha value is -3.40. The molecule has 0 aliphatic carbocycles. The quantitative estimate of drug-likeness (QED) is 0.530. The van der Waals surface area contributed by atoms with Gasteiger partial charge in [0.25, 0.3) is 5.91 Å². The number of nitrogens with zero attached hydrogens (tertiary/aromatic N) is 3. The predicted molar refractivity (Wildman–Crippen MR) is 115 cm³/mol. The van der Waals surface area contributed by atoms with Gasteiger partial charge in [-0.3, -0.25) is 4.79 Å². The molecule has 0 saturated carbocycles. The first-order chi connectivity index (χ1) is 15.6. The minimum Gasteiger partial charge on any atom is -0.491 e. The van der Waals surface area contributed by atoms with Crippen molar-refractivity contribution in [2.24, 2.45) is 0 Å². The zero-order valence-electron chi connectivity index (χ0n) is 18.4. The Balaban J connectivity index is 1.59. The van der Waals surface area contributed by atoms with Gasteiger partial charge < -0.3 is 15.2 Å². The summed E-state index contributed by atoms with van der Waals surface area (Å²) < 4.78 is 45.1. The Morgan fingerprint density at radius 3 is 2.61 bits per heavy atom. The van der Waals surface area contributed by atoms with Crippen LogP contribution in [0.25, 0.3) is 5.69 Å². The summed E-state index contributed by atoms with van der Waals surface area (Å²) in [4.78, 5) is 16.7. The molecule has 0 aliphatic heterocycles. The SMILES string of the molecule is Cc1nc(C(=O)NCC(O)COc2cccc(C(F)(F)F)c2)nn1-c1ccccc1C(C)C. The average molecular weight is 462 g/mol. The molecule has 0 bridgehead atoms. The van der Waals surface area contributed by atoms with Gasteiger partial charge >= 0.3 is 6.18 Å². The van der Waals surface area contributed by atoms with Crippen LogP contribution < -0.4 is 10.1 Å². The van der Waals surface area contributed by atoms with Crippen molar-refractivity contribution in [3.8, 4) is 11.4 Å². The third-order valence-electron chi connectivity index (χ3n) is 4.86. The topological polar surface area (TPSA) is 89.3 Å². The molecule has 0 spiro atoms. The molecule has 7 nitrogen and oxygen atoms in total. The zero-order chi connectivity index (χ0) is 24.2. The molecule has 33 heavy (non-hydrogen) atoms. The maximum atomic E-state index is 12.8. The molecule has 1 aromatic heterocycles. The number of nitrogens with one attached hydrogen (secondary N) is 1. The van der Waals surface area contributed by atoms with Crippen molar-refractivity contribution in [3.63, 3.8) is 0 Å². The summed E-state index contributed by atoms with van der Waals surface area (Å²) in [6.07, 6.45) is -5.63. The van der Waals surface area contributed by atoms with Gasteiger partial charge in [0.1, 0.15) is 24.3 Å².